The van der Waals surface area contributed by atoms with E-state index in [4.69, 9.17) is 17.3 Å². The van der Waals surface area contributed by atoms with E-state index in [1.807, 2.05) is 12.1 Å². The fraction of sp³-hybridized carbons (Fsp3) is 0.333. The van der Waals surface area contributed by atoms with Crippen LogP contribution in [-0.4, -0.2) is 28.0 Å². The molecule has 1 aliphatic rings. The normalized spacial score (nSPS) is 16.6. The number of thiophene rings is 1. The first kappa shape index (κ1) is 16.7. The monoisotopic (exact) mass is 376 g/mol. The summed E-state index contributed by atoms with van der Waals surface area (Å²) in [6.45, 7) is 2.65. The van der Waals surface area contributed by atoms with E-state index in [1.54, 1.807) is 12.1 Å². The summed E-state index contributed by atoms with van der Waals surface area (Å²) in [6.07, 6.45) is 1.94. The van der Waals surface area contributed by atoms with Crippen LogP contribution in [0.3, 0.4) is 0 Å². The van der Waals surface area contributed by atoms with Crippen molar-refractivity contribution in [3.63, 3.8) is 0 Å². The average molecular weight is 377 g/mol. The molecule has 130 valence electrons. The third-order valence-electron chi connectivity index (χ3n) is 4.66. The number of piperidine rings is 1. The number of likely N-dealkylation sites (tertiary alicyclic amines) is 1. The minimum absolute atomic E-state index is 0.181. The van der Waals surface area contributed by atoms with Gasteiger partial charge in [-0.2, -0.15) is 0 Å². The van der Waals surface area contributed by atoms with Crippen molar-refractivity contribution >= 4 is 39.0 Å². The second-order valence-corrected chi connectivity index (χ2v) is 8.08. The van der Waals surface area contributed by atoms with E-state index in [1.165, 1.54) is 17.4 Å². The van der Waals surface area contributed by atoms with Crippen LogP contribution in [0, 0.1) is 5.82 Å². The number of rotatable bonds is 3. The zero-order chi connectivity index (χ0) is 17.4. The van der Waals surface area contributed by atoms with Crippen LogP contribution in [-0.2, 0) is 6.54 Å². The molecule has 1 aliphatic heterocycles. The van der Waals surface area contributed by atoms with Crippen LogP contribution in [0.2, 0.25) is 4.34 Å². The summed E-state index contributed by atoms with van der Waals surface area (Å²) < 4.78 is 14.0. The summed E-state index contributed by atoms with van der Waals surface area (Å²) in [7, 11) is 0. The van der Waals surface area contributed by atoms with Gasteiger partial charge in [-0.3, -0.25) is 4.90 Å². The van der Waals surface area contributed by atoms with Gasteiger partial charge in [0.1, 0.15) is 22.3 Å². The molecule has 2 N–H and O–H groups in total. The van der Waals surface area contributed by atoms with Crippen LogP contribution in [0.25, 0.3) is 10.2 Å². The molecule has 1 saturated heterocycles. The molecule has 1 fully saturated rings. The molecular formula is C18H18ClFN4S. The number of nitrogen functional groups attached to an aromatic ring is 1. The Labute approximate surface area is 154 Å². The molecule has 2 aromatic heterocycles. The van der Waals surface area contributed by atoms with Crippen molar-refractivity contribution in [1.29, 1.82) is 0 Å². The van der Waals surface area contributed by atoms with E-state index in [0.717, 1.165) is 54.1 Å². The molecule has 7 heteroatoms. The van der Waals surface area contributed by atoms with E-state index in [2.05, 4.69) is 14.9 Å². The lowest BCUT2D eigenvalue weighted by Crippen LogP contribution is -2.33. The minimum atomic E-state index is -0.181. The SMILES string of the molecule is Nc1nc(C2CCN(Cc3cccc(F)c3)CC2)nc2sc(Cl)cc12. The second kappa shape index (κ2) is 6.86. The predicted octanol–water partition coefficient (Wildman–Crippen LogP) is 4.45. The molecule has 0 spiro atoms. The molecule has 0 atom stereocenters. The first-order valence-electron chi connectivity index (χ1n) is 8.28. The van der Waals surface area contributed by atoms with E-state index < -0.39 is 0 Å². The zero-order valence-electron chi connectivity index (χ0n) is 13.6. The quantitative estimate of drug-likeness (QED) is 0.733. The lowest BCUT2D eigenvalue weighted by atomic mass is 9.95. The summed E-state index contributed by atoms with van der Waals surface area (Å²) in [5, 5.41) is 0.835. The van der Waals surface area contributed by atoms with E-state index in [0.29, 0.717) is 16.1 Å². The fourth-order valence-electron chi connectivity index (χ4n) is 3.36. The van der Waals surface area contributed by atoms with Crippen molar-refractivity contribution in [1.82, 2.24) is 14.9 Å². The first-order valence-corrected chi connectivity index (χ1v) is 9.47. The maximum Gasteiger partial charge on any atom is 0.135 e. The molecule has 0 radical (unpaired) electrons. The highest BCUT2D eigenvalue weighted by Crippen LogP contribution is 2.34. The molecule has 25 heavy (non-hydrogen) atoms. The van der Waals surface area contributed by atoms with Crippen LogP contribution >= 0.6 is 22.9 Å². The van der Waals surface area contributed by atoms with Crippen molar-refractivity contribution < 1.29 is 4.39 Å². The second-order valence-electron chi connectivity index (χ2n) is 6.42. The van der Waals surface area contributed by atoms with Gasteiger partial charge in [0.15, 0.2) is 0 Å². The van der Waals surface area contributed by atoms with E-state index in [9.17, 15) is 4.39 Å². The molecule has 0 bridgehead atoms. The molecule has 0 amide bonds. The van der Waals surface area contributed by atoms with Gasteiger partial charge in [0, 0.05) is 12.5 Å². The third kappa shape index (κ3) is 3.61. The Kier molecular flexibility index (Phi) is 4.58. The van der Waals surface area contributed by atoms with Crippen molar-refractivity contribution in [3.05, 3.63) is 51.9 Å². The number of aromatic nitrogens is 2. The Balaban J connectivity index is 1.45. The van der Waals surface area contributed by atoms with Crippen molar-refractivity contribution in [3.8, 4) is 0 Å². The molecule has 4 rings (SSSR count). The van der Waals surface area contributed by atoms with Crippen LogP contribution in [0.5, 0.6) is 0 Å². The van der Waals surface area contributed by atoms with Gasteiger partial charge in [-0.25, -0.2) is 14.4 Å². The number of fused-ring (bicyclic) bond motifs is 1. The molecular weight excluding hydrogens is 359 g/mol. The Bertz CT molecular complexity index is 905. The zero-order valence-corrected chi connectivity index (χ0v) is 15.2. The number of hydrogen-bond acceptors (Lipinski definition) is 5. The van der Waals surface area contributed by atoms with E-state index in [-0.39, 0.29) is 5.82 Å². The average Bonchev–Trinajstić information content (AvgIpc) is 2.96. The smallest absolute Gasteiger partial charge is 0.135 e. The largest absolute Gasteiger partial charge is 0.383 e. The number of nitrogens with two attached hydrogens (primary N) is 1. The number of halogens is 2. The summed E-state index contributed by atoms with van der Waals surface area (Å²) in [5.74, 6) is 1.44. The maximum absolute atomic E-state index is 13.3. The maximum atomic E-state index is 13.3. The molecule has 4 nitrogen and oxygen atoms in total. The summed E-state index contributed by atoms with van der Waals surface area (Å²) in [5.41, 5.74) is 7.08. The summed E-state index contributed by atoms with van der Waals surface area (Å²) in [6, 6.07) is 8.62. The number of anilines is 1. The van der Waals surface area contributed by atoms with Gasteiger partial charge in [0.2, 0.25) is 0 Å². The Morgan fingerprint density at radius 1 is 1.24 bits per heavy atom. The molecule has 0 saturated carbocycles. The van der Waals surface area contributed by atoms with Crippen LogP contribution in [0.1, 0.15) is 30.1 Å². The van der Waals surface area contributed by atoms with Gasteiger partial charge in [-0.15, -0.1) is 11.3 Å². The Morgan fingerprint density at radius 3 is 2.80 bits per heavy atom. The molecule has 3 heterocycles. The molecule has 1 aromatic carbocycles. The van der Waals surface area contributed by atoms with Gasteiger partial charge in [0.25, 0.3) is 0 Å². The van der Waals surface area contributed by atoms with Crippen LogP contribution in [0.15, 0.2) is 30.3 Å². The standard InChI is InChI=1S/C18H18ClFN4S/c19-15-9-14-16(21)22-17(23-18(14)25-15)12-4-6-24(7-5-12)10-11-2-1-3-13(20)8-11/h1-3,8-9,12H,4-7,10H2,(H2,21,22,23). The first-order chi connectivity index (χ1) is 12.1. The summed E-state index contributed by atoms with van der Waals surface area (Å²) in [4.78, 5) is 12.4. The predicted molar refractivity (Wildman–Crippen MR) is 100 cm³/mol. The summed E-state index contributed by atoms with van der Waals surface area (Å²) >= 11 is 7.50. The van der Waals surface area contributed by atoms with Crippen molar-refractivity contribution in [2.75, 3.05) is 18.8 Å². The Hall–Kier alpha value is -1.76. The van der Waals surface area contributed by atoms with Gasteiger partial charge in [-0.05, 0) is 49.7 Å². The highest BCUT2D eigenvalue weighted by atomic mass is 35.5. The lowest BCUT2D eigenvalue weighted by molar-refractivity contribution is 0.201. The van der Waals surface area contributed by atoms with Crippen LogP contribution < -0.4 is 5.73 Å². The Morgan fingerprint density at radius 2 is 2.04 bits per heavy atom. The van der Waals surface area contributed by atoms with Gasteiger partial charge in [-0.1, -0.05) is 23.7 Å². The van der Waals surface area contributed by atoms with Gasteiger partial charge in [0.05, 0.1) is 9.72 Å². The molecule has 3 aromatic rings. The van der Waals surface area contributed by atoms with Crippen molar-refractivity contribution in [2.24, 2.45) is 0 Å². The minimum Gasteiger partial charge on any atom is -0.383 e. The van der Waals surface area contributed by atoms with Gasteiger partial charge >= 0.3 is 0 Å². The lowest BCUT2D eigenvalue weighted by Gasteiger charge is -2.31. The number of hydrogen-bond donors (Lipinski definition) is 1. The highest BCUT2D eigenvalue weighted by Gasteiger charge is 2.24. The highest BCUT2D eigenvalue weighted by molar-refractivity contribution is 7.22. The van der Waals surface area contributed by atoms with E-state index >= 15 is 0 Å². The fourth-order valence-corrected chi connectivity index (χ4v) is 4.46. The molecule has 0 aliphatic carbocycles. The number of nitrogens with zero attached hydrogens (tertiary/aromatic N) is 3. The molecule has 0 unspecified atom stereocenters. The number of benzene rings is 1. The van der Waals surface area contributed by atoms with Gasteiger partial charge < -0.3 is 5.73 Å². The third-order valence-corrected chi connectivity index (χ3v) is 5.82. The van der Waals surface area contributed by atoms with Crippen LogP contribution in [0.4, 0.5) is 10.2 Å². The van der Waals surface area contributed by atoms with Crippen molar-refractivity contribution in [2.45, 2.75) is 25.3 Å². The topological polar surface area (TPSA) is 55.0 Å².